The minimum absolute atomic E-state index is 0.204. The summed E-state index contributed by atoms with van der Waals surface area (Å²) in [6, 6.07) is 0.205. The van der Waals surface area contributed by atoms with Crippen LogP contribution in [0, 0.1) is 0 Å². The third-order valence-electron chi connectivity index (χ3n) is 2.92. The number of likely N-dealkylation sites (N-methyl/N-ethyl adjacent to an activating group) is 1. The van der Waals surface area contributed by atoms with E-state index in [1.807, 2.05) is 14.0 Å². The van der Waals surface area contributed by atoms with Crippen molar-refractivity contribution >= 4 is 11.3 Å². The average Bonchev–Trinajstić information content (AvgIpc) is 2.99. The maximum atomic E-state index is 9.03. The van der Waals surface area contributed by atoms with Crippen LogP contribution < -0.4 is 0 Å². The summed E-state index contributed by atoms with van der Waals surface area (Å²) < 4.78 is 0. The molecule has 84 valence electrons. The summed E-state index contributed by atoms with van der Waals surface area (Å²) in [4.78, 5) is 6.75. The molecule has 0 amide bonds. The van der Waals surface area contributed by atoms with Crippen LogP contribution in [0.25, 0.3) is 0 Å². The van der Waals surface area contributed by atoms with Crippen molar-refractivity contribution in [1.29, 1.82) is 0 Å². The topological polar surface area (TPSA) is 36.4 Å². The van der Waals surface area contributed by atoms with Gasteiger partial charge in [-0.1, -0.05) is 0 Å². The Morgan fingerprint density at radius 1 is 1.67 bits per heavy atom. The molecule has 1 aliphatic rings. The molecule has 1 heterocycles. The quantitative estimate of drug-likeness (QED) is 0.832. The maximum absolute atomic E-state index is 9.03. The monoisotopic (exact) mass is 226 g/mol. The lowest BCUT2D eigenvalue weighted by Crippen LogP contribution is -2.31. The molecule has 1 atom stereocenters. The molecule has 0 aromatic carbocycles. The van der Waals surface area contributed by atoms with Crippen LogP contribution in [-0.2, 0) is 6.54 Å². The smallest absolute Gasteiger partial charge is 0.0959 e. The zero-order chi connectivity index (χ0) is 10.8. The Morgan fingerprint density at radius 2 is 2.40 bits per heavy atom. The molecule has 15 heavy (non-hydrogen) atoms. The van der Waals surface area contributed by atoms with E-state index < -0.39 is 0 Å². The Kier molecular flexibility index (Phi) is 3.38. The Hall–Kier alpha value is -0.450. The molecular weight excluding hydrogens is 208 g/mol. The third kappa shape index (κ3) is 2.77. The Bertz CT molecular complexity index is 322. The van der Waals surface area contributed by atoms with Crippen LogP contribution in [0.3, 0.4) is 0 Å². The van der Waals surface area contributed by atoms with Crippen molar-refractivity contribution in [2.45, 2.75) is 38.3 Å². The highest BCUT2D eigenvalue weighted by atomic mass is 32.1. The van der Waals surface area contributed by atoms with Crippen molar-refractivity contribution in [3.8, 4) is 0 Å². The third-order valence-corrected chi connectivity index (χ3v) is 3.98. The van der Waals surface area contributed by atoms with Crippen molar-refractivity contribution in [2.75, 3.05) is 13.7 Å². The van der Waals surface area contributed by atoms with Gasteiger partial charge >= 0.3 is 0 Å². The molecule has 2 rings (SSSR count). The number of aliphatic hydroxyl groups excluding tert-OH is 1. The largest absolute Gasteiger partial charge is 0.395 e. The van der Waals surface area contributed by atoms with Gasteiger partial charge in [0.25, 0.3) is 0 Å². The summed E-state index contributed by atoms with van der Waals surface area (Å²) >= 11 is 1.78. The van der Waals surface area contributed by atoms with Crippen molar-refractivity contribution in [3.63, 3.8) is 0 Å². The number of aliphatic hydroxyl groups is 1. The summed E-state index contributed by atoms with van der Waals surface area (Å²) in [6.07, 6.45) is 2.63. The van der Waals surface area contributed by atoms with E-state index in [1.165, 1.54) is 17.8 Å². The minimum Gasteiger partial charge on any atom is -0.395 e. The molecule has 0 bridgehead atoms. The van der Waals surface area contributed by atoms with Gasteiger partial charge in [-0.2, -0.15) is 0 Å². The van der Waals surface area contributed by atoms with E-state index in [4.69, 9.17) is 5.11 Å². The molecule has 1 aliphatic carbocycles. The van der Waals surface area contributed by atoms with E-state index in [9.17, 15) is 0 Å². The molecule has 1 saturated carbocycles. The Morgan fingerprint density at radius 3 is 3.00 bits per heavy atom. The van der Waals surface area contributed by atoms with E-state index in [-0.39, 0.29) is 12.6 Å². The molecule has 1 aromatic heterocycles. The van der Waals surface area contributed by atoms with Gasteiger partial charge in [0.15, 0.2) is 0 Å². The first-order valence-corrected chi connectivity index (χ1v) is 6.34. The fraction of sp³-hybridized carbons (Fsp3) is 0.727. The minimum atomic E-state index is 0.204. The van der Waals surface area contributed by atoms with Crippen LogP contribution in [0.5, 0.6) is 0 Å². The second-order valence-corrected chi connectivity index (χ2v) is 5.29. The van der Waals surface area contributed by atoms with Crippen molar-refractivity contribution in [2.24, 2.45) is 0 Å². The highest BCUT2D eigenvalue weighted by molar-refractivity contribution is 7.09. The summed E-state index contributed by atoms with van der Waals surface area (Å²) in [5, 5.41) is 12.5. The number of aromatic nitrogens is 1. The SMILES string of the molecule is CC(CO)N(C)Cc1csc(C2CC2)n1. The van der Waals surface area contributed by atoms with E-state index in [0.29, 0.717) is 0 Å². The van der Waals surface area contributed by atoms with E-state index >= 15 is 0 Å². The van der Waals surface area contributed by atoms with Gasteiger partial charge in [0.2, 0.25) is 0 Å². The molecule has 0 saturated heterocycles. The maximum Gasteiger partial charge on any atom is 0.0959 e. The van der Waals surface area contributed by atoms with Crippen molar-refractivity contribution in [3.05, 3.63) is 16.1 Å². The van der Waals surface area contributed by atoms with Gasteiger partial charge in [0.1, 0.15) is 0 Å². The first kappa shape index (κ1) is 11.0. The predicted octanol–water partition coefficient (Wildman–Crippen LogP) is 1.83. The highest BCUT2D eigenvalue weighted by Gasteiger charge is 2.26. The summed E-state index contributed by atoms with van der Waals surface area (Å²) in [5.74, 6) is 0.754. The van der Waals surface area contributed by atoms with Crippen molar-refractivity contribution < 1.29 is 5.11 Å². The first-order valence-electron chi connectivity index (χ1n) is 5.46. The number of nitrogens with zero attached hydrogens (tertiary/aromatic N) is 2. The van der Waals surface area contributed by atoms with Gasteiger partial charge in [0, 0.05) is 23.9 Å². The molecule has 1 aromatic rings. The normalized spacial score (nSPS) is 18.4. The molecule has 1 fully saturated rings. The number of hydrogen-bond donors (Lipinski definition) is 1. The highest BCUT2D eigenvalue weighted by Crippen LogP contribution is 2.41. The summed E-state index contributed by atoms with van der Waals surface area (Å²) in [7, 11) is 2.02. The molecular formula is C11H18N2OS. The zero-order valence-electron chi connectivity index (χ0n) is 9.31. The molecule has 0 aliphatic heterocycles. The number of rotatable bonds is 5. The molecule has 4 heteroatoms. The van der Waals surface area contributed by atoms with Gasteiger partial charge in [-0.25, -0.2) is 4.98 Å². The molecule has 1 N–H and O–H groups in total. The fourth-order valence-corrected chi connectivity index (χ4v) is 2.45. The van der Waals surface area contributed by atoms with E-state index in [0.717, 1.165) is 18.2 Å². The van der Waals surface area contributed by atoms with Crippen LogP contribution in [0.4, 0.5) is 0 Å². The standard InChI is InChI=1S/C11H18N2OS/c1-8(6-14)13(2)5-10-7-15-11(12-10)9-3-4-9/h7-9,14H,3-6H2,1-2H3. The Labute approximate surface area is 94.8 Å². The van der Waals surface area contributed by atoms with Crippen LogP contribution in [0.2, 0.25) is 0 Å². The summed E-state index contributed by atoms with van der Waals surface area (Å²) in [6.45, 7) is 3.06. The fourth-order valence-electron chi connectivity index (χ4n) is 1.46. The lowest BCUT2D eigenvalue weighted by Gasteiger charge is -2.21. The van der Waals surface area contributed by atoms with Gasteiger partial charge in [-0.3, -0.25) is 4.90 Å². The lowest BCUT2D eigenvalue weighted by atomic mass is 10.3. The average molecular weight is 226 g/mol. The summed E-state index contributed by atoms with van der Waals surface area (Å²) in [5.41, 5.74) is 1.14. The number of hydrogen-bond acceptors (Lipinski definition) is 4. The predicted molar refractivity (Wildman–Crippen MR) is 62.1 cm³/mol. The van der Waals surface area contributed by atoms with E-state index in [1.54, 1.807) is 11.3 Å². The van der Waals surface area contributed by atoms with Crippen LogP contribution in [-0.4, -0.2) is 34.7 Å². The molecule has 0 spiro atoms. The van der Waals surface area contributed by atoms with Crippen LogP contribution >= 0.6 is 11.3 Å². The van der Waals surface area contributed by atoms with Crippen LogP contribution in [0.1, 0.15) is 36.4 Å². The van der Waals surface area contributed by atoms with Gasteiger partial charge < -0.3 is 5.11 Å². The Balaban J connectivity index is 1.91. The zero-order valence-corrected chi connectivity index (χ0v) is 10.1. The second kappa shape index (κ2) is 4.60. The molecule has 1 unspecified atom stereocenters. The first-order chi connectivity index (χ1) is 7.20. The van der Waals surface area contributed by atoms with Crippen LogP contribution in [0.15, 0.2) is 5.38 Å². The number of thiazole rings is 1. The van der Waals surface area contributed by atoms with E-state index in [2.05, 4.69) is 15.3 Å². The van der Waals surface area contributed by atoms with Gasteiger partial charge in [0.05, 0.1) is 17.3 Å². The molecule has 0 radical (unpaired) electrons. The van der Waals surface area contributed by atoms with Gasteiger partial charge in [-0.15, -0.1) is 11.3 Å². The van der Waals surface area contributed by atoms with Crippen molar-refractivity contribution in [1.82, 2.24) is 9.88 Å². The molecule has 3 nitrogen and oxygen atoms in total. The van der Waals surface area contributed by atoms with Gasteiger partial charge in [-0.05, 0) is 26.8 Å². The second-order valence-electron chi connectivity index (χ2n) is 4.40. The lowest BCUT2D eigenvalue weighted by molar-refractivity contribution is 0.153.